The Hall–Kier alpha value is -3.33. The van der Waals surface area contributed by atoms with Crippen LogP contribution in [0.5, 0.6) is 17.2 Å². The summed E-state index contributed by atoms with van der Waals surface area (Å²) in [5.74, 6) is -1.09. The lowest BCUT2D eigenvalue weighted by atomic mass is 10.2. The minimum Gasteiger partial charge on any atom is -0.503 e. The van der Waals surface area contributed by atoms with Gasteiger partial charge in [-0.2, -0.15) is 0 Å². The molecule has 0 saturated carbocycles. The summed E-state index contributed by atoms with van der Waals surface area (Å²) in [6, 6.07) is 9.58. The Morgan fingerprint density at radius 3 is 2.53 bits per heavy atom. The van der Waals surface area contributed by atoms with Crippen molar-refractivity contribution in [2.45, 2.75) is 45.4 Å². The van der Waals surface area contributed by atoms with E-state index in [4.69, 9.17) is 18.9 Å². The van der Waals surface area contributed by atoms with Gasteiger partial charge in [-0.1, -0.05) is 25.1 Å². The van der Waals surface area contributed by atoms with Crippen molar-refractivity contribution in [2.24, 2.45) is 0 Å². The molecule has 1 amide bonds. The number of nitrogens with one attached hydrogen (secondary N) is 1. The minimum absolute atomic E-state index is 0.0976. The van der Waals surface area contributed by atoms with Crippen LogP contribution in [0.15, 0.2) is 42.6 Å². The third-order valence-electron chi connectivity index (χ3n) is 4.51. The quantitative estimate of drug-likeness (QED) is 0.378. The summed E-state index contributed by atoms with van der Waals surface area (Å²) in [5, 5.41) is 12.6. The van der Waals surface area contributed by atoms with Crippen molar-refractivity contribution in [3.05, 3.63) is 48.3 Å². The van der Waals surface area contributed by atoms with E-state index in [1.54, 1.807) is 19.1 Å². The van der Waals surface area contributed by atoms with Gasteiger partial charge in [0.05, 0.1) is 13.7 Å². The zero-order valence-electron chi connectivity index (χ0n) is 18.7. The van der Waals surface area contributed by atoms with Gasteiger partial charge in [-0.25, -0.2) is 9.78 Å². The minimum atomic E-state index is -1.01. The molecule has 9 nitrogen and oxygen atoms in total. The first kappa shape index (κ1) is 24.9. The highest BCUT2D eigenvalue weighted by atomic mass is 16.6. The van der Waals surface area contributed by atoms with Gasteiger partial charge in [-0.05, 0) is 32.4 Å². The van der Waals surface area contributed by atoms with Gasteiger partial charge < -0.3 is 29.4 Å². The number of amides is 1. The fourth-order valence-electron chi connectivity index (χ4n) is 2.74. The van der Waals surface area contributed by atoms with E-state index in [9.17, 15) is 14.7 Å². The molecule has 0 bridgehead atoms. The number of aromatic nitrogens is 1. The second-order valence-electron chi connectivity index (χ2n) is 7.09. The van der Waals surface area contributed by atoms with Crippen LogP contribution in [0.4, 0.5) is 0 Å². The molecular weight excluding hydrogens is 416 g/mol. The normalized spacial score (nSPS) is 13.5. The number of rotatable bonds is 12. The van der Waals surface area contributed by atoms with E-state index in [0.717, 1.165) is 6.42 Å². The van der Waals surface area contributed by atoms with E-state index in [2.05, 4.69) is 10.3 Å². The molecule has 2 N–H and O–H groups in total. The fourth-order valence-corrected chi connectivity index (χ4v) is 2.74. The Morgan fingerprint density at radius 2 is 1.88 bits per heavy atom. The van der Waals surface area contributed by atoms with Crippen LogP contribution in [0.2, 0.25) is 0 Å². The lowest BCUT2D eigenvalue weighted by Gasteiger charge is -2.26. The molecule has 0 saturated heterocycles. The fraction of sp³-hybridized carbons (Fsp3) is 0.435. The zero-order valence-corrected chi connectivity index (χ0v) is 18.7. The number of carbonyl (C=O) groups excluding carboxylic acids is 2. The van der Waals surface area contributed by atoms with Crippen molar-refractivity contribution >= 4 is 11.9 Å². The van der Waals surface area contributed by atoms with Crippen LogP contribution in [0, 0.1) is 0 Å². The molecule has 9 heteroatoms. The van der Waals surface area contributed by atoms with Crippen molar-refractivity contribution in [3.8, 4) is 17.2 Å². The number of ether oxygens (including phenoxy) is 4. The first-order valence-electron chi connectivity index (χ1n) is 10.4. The number of methoxy groups -OCH3 is 1. The number of aromatic hydroxyl groups is 1. The Labute approximate surface area is 187 Å². The zero-order chi connectivity index (χ0) is 23.5. The molecule has 0 radical (unpaired) electrons. The molecule has 3 atom stereocenters. The predicted molar refractivity (Wildman–Crippen MR) is 117 cm³/mol. The smallest absolute Gasteiger partial charge is 0.328 e. The van der Waals surface area contributed by atoms with Crippen LogP contribution in [-0.2, 0) is 14.3 Å². The van der Waals surface area contributed by atoms with Gasteiger partial charge in [0.1, 0.15) is 17.9 Å². The van der Waals surface area contributed by atoms with Gasteiger partial charge >= 0.3 is 5.97 Å². The van der Waals surface area contributed by atoms with Gasteiger partial charge in [0.2, 0.25) is 0 Å². The van der Waals surface area contributed by atoms with Crippen molar-refractivity contribution < 1.29 is 33.6 Å². The van der Waals surface area contributed by atoms with Crippen molar-refractivity contribution in [1.82, 2.24) is 10.3 Å². The third-order valence-corrected chi connectivity index (χ3v) is 4.51. The predicted octanol–water partition coefficient (Wildman–Crippen LogP) is 2.72. The summed E-state index contributed by atoms with van der Waals surface area (Å²) in [6.45, 7) is 5.89. The first-order chi connectivity index (χ1) is 15.4. The maximum absolute atomic E-state index is 12.7. The summed E-state index contributed by atoms with van der Waals surface area (Å²) in [5.41, 5.74) is -0.257. The maximum atomic E-state index is 12.7. The Morgan fingerprint density at radius 1 is 1.16 bits per heavy atom. The average Bonchev–Trinajstić information content (AvgIpc) is 2.79. The summed E-state index contributed by atoms with van der Waals surface area (Å²) in [4.78, 5) is 29.0. The SMILES string of the molecule is CCCOC[C@@H](OC(=O)[C@H](C)NC(=O)c1nccc(OC)c1O)[C@H](C)Oc1ccccc1. The molecule has 1 aromatic carbocycles. The molecule has 32 heavy (non-hydrogen) atoms. The molecule has 0 aliphatic carbocycles. The van der Waals surface area contributed by atoms with E-state index in [1.165, 1.54) is 26.3 Å². The van der Waals surface area contributed by atoms with Crippen molar-refractivity contribution in [3.63, 3.8) is 0 Å². The highest BCUT2D eigenvalue weighted by Gasteiger charge is 2.28. The number of benzene rings is 1. The number of carbonyl (C=O) groups is 2. The van der Waals surface area contributed by atoms with Crippen LogP contribution in [0.25, 0.3) is 0 Å². The molecule has 0 aliphatic heterocycles. The monoisotopic (exact) mass is 446 g/mol. The van der Waals surface area contributed by atoms with E-state index in [-0.39, 0.29) is 18.1 Å². The van der Waals surface area contributed by atoms with Crippen LogP contribution in [0.1, 0.15) is 37.7 Å². The summed E-state index contributed by atoms with van der Waals surface area (Å²) < 4.78 is 22.0. The molecule has 0 fully saturated rings. The summed E-state index contributed by atoms with van der Waals surface area (Å²) in [6.07, 6.45) is 0.945. The molecule has 0 spiro atoms. The maximum Gasteiger partial charge on any atom is 0.328 e. The van der Waals surface area contributed by atoms with Crippen molar-refractivity contribution in [2.75, 3.05) is 20.3 Å². The van der Waals surface area contributed by atoms with Gasteiger partial charge in [0.15, 0.2) is 23.3 Å². The van der Waals surface area contributed by atoms with Gasteiger partial charge in [-0.3, -0.25) is 4.79 Å². The van der Waals surface area contributed by atoms with Crippen LogP contribution < -0.4 is 14.8 Å². The number of esters is 1. The standard InChI is InChI=1S/C23H30N2O7/c1-5-13-30-14-19(16(3)31-17-9-7-6-8-10-17)32-23(28)15(2)25-22(27)20-21(26)18(29-4)11-12-24-20/h6-12,15-16,19,26H,5,13-14H2,1-4H3,(H,25,27)/t15-,16-,19+/m0/s1. The molecule has 2 rings (SSSR count). The number of hydrogen-bond acceptors (Lipinski definition) is 8. The second-order valence-corrected chi connectivity index (χ2v) is 7.09. The number of para-hydroxylation sites is 1. The van der Waals surface area contributed by atoms with Gasteiger partial charge in [0.25, 0.3) is 5.91 Å². The molecular formula is C23H30N2O7. The van der Waals surface area contributed by atoms with E-state index in [1.807, 2.05) is 25.1 Å². The molecule has 1 heterocycles. The van der Waals surface area contributed by atoms with E-state index >= 15 is 0 Å². The van der Waals surface area contributed by atoms with Crippen LogP contribution in [-0.4, -0.2) is 60.5 Å². The number of pyridine rings is 1. The second kappa shape index (κ2) is 12.5. The third kappa shape index (κ3) is 7.12. The van der Waals surface area contributed by atoms with E-state index < -0.39 is 35.9 Å². The topological polar surface area (TPSA) is 116 Å². The van der Waals surface area contributed by atoms with Crippen molar-refractivity contribution in [1.29, 1.82) is 0 Å². The Bertz CT molecular complexity index is 876. The van der Waals surface area contributed by atoms with Gasteiger partial charge in [0, 0.05) is 18.9 Å². The Balaban J connectivity index is 2.02. The lowest BCUT2D eigenvalue weighted by Crippen LogP contribution is -2.45. The van der Waals surface area contributed by atoms with Gasteiger partial charge in [-0.15, -0.1) is 0 Å². The number of hydrogen-bond donors (Lipinski definition) is 2. The highest BCUT2D eigenvalue weighted by Crippen LogP contribution is 2.27. The van der Waals surface area contributed by atoms with Crippen LogP contribution >= 0.6 is 0 Å². The number of nitrogens with zero attached hydrogens (tertiary/aromatic N) is 1. The molecule has 2 aromatic rings. The first-order valence-corrected chi connectivity index (χ1v) is 10.4. The van der Waals surface area contributed by atoms with Crippen LogP contribution in [0.3, 0.4) is 0 Å². The molecule has 0 aliphatic rings. The highest BCUT2D eigenvalue weighted by molar-refractivity contribution is 5.97. The lowest BCUT2D eigenvalue weighted by molar-refractivity contribution is -0.159. The molecule has 174 valence electrons. The average molecular weight is 447 g/mol. The molecule has 1 aromatic heterocycles. The summed E-state index contributed by atoms with van der Waals surface area (Å²) >= 11 is 0. The molecule has 0 unspecified atom stereocenters. The van der Waals surface area contributed by atoms with E-state index in [0.29, 0.717) is 12.4 Å². The Kier molecular flexibility index (Phi) is 9.75. The summed E-state index contributed by atoms with van der Waals surface area (Å²) in [7, 11) is 1.36. The largest absolute Gasteiger partial charge is 0.503 e.